The molecule has 2 aromatic heterocycles. The van der Waals surface area contributed by atoms with E-state index in [0.717, 1.165) is 22.6 Å². The zero-order valence-corrected chi connectivity index (χ0v) is 16.7. The van der Waals surface area contributed by atoms with Gasteiger partial charge in [0.15, 0.2) is 11.6 Å². The molecule has 7 heteroatoms. The molecule has 2 aromatic rings. The molecule has 26 heavy (non-hydrogen) atoms. The van der Waals surface area contributed by atoms with E-state index in [9.17, 15) is 9.59 Å². The van der Waals surface area contributed by atoms with Crippen molar-refractivity contribution in [2.45, 2.75) is 41.5 Å². The summed E-state index contributed by atoms with van der Waals surface area (Å²) in [5.41, 5.74) is 1.47. The molecule has 138 valence electrons. The van der Waals surface area contributed by atoms with Gasteiger partial charge in [-0.25, -0.2) is 4.98 Å². The lowest BCUT2D eigenvalue weighted by Crippen LogP contribution is -2.35. The van der Waals surface area contributed by atoms with Crippen LogP contribution in [0.5, 0.6) is 0 Å². The van der Waals surface area contributed by atoms with Crippen LogP contribution >= 0.6 is 23.1 Å². The molecule has 3 rings (SSSR count). The van der Waals surface area contributed by atoms with Gasteiger partial charge in [0.25, 0.3) is 0 Å². The van der Waals surface area contributed by atoms with Crippen molar-refractivity contribution < 1.29 is 19.1 Å². The summed E-state index contributed by atoms with van der Waals surface area (Å²) in [6.45, 7) is 4.27. The summed E-state index contributed by atoms with van der Waals surface area (Å²) in [5, 5.41) is 2.82. The highest BCUT2D eigenvalue weighted by Crippen LogP contribution is 2.41. The van der Waals surface area contributed by atoms with Crippen LogP contribution < -0.4 is 0 Å². The van der Waals surface area contributed by atoms with Gasteiger partial charge in [-0.1, -0.05) is 11.8 Å². The van der Waals surface area contributed by atoms with Crippen molar-refractivity contribution in [2.75, 3.05) is 20.3 Å². The fourth-order valence-corrected chi connectivity index (χ4v) is 5.05. The van der Waals surface area contributed by atoms with Crippen LogP contribution in [0, 0.1) is 0 Å². The monoisotopic (exact) mass is 391 g/mol. The lowest BCUT2D eigenvalue weighted by molar-refractivity contribution is -0.0946. The van der Waals surface area contributed by atoms with Crippen LogP contribution in [0.25, 0.3) is 0 Å². The van der Waals surface area contributed by atoms with Crippen molar-refractivity contribution in [3.05, 3.63) is 40.4 Å². The van der Waals surface area contributed by atoms with E-state index in [2.05, 4.69) is 16.4 Å². The van der Waals surface area contributed by atoms with E-state index in [1.165, 1.54) is 25.6 Å². The molecule has 0 unspecified atom stereocenters. The Morgan fingerprint density at radius 2 is 1.96 bits per heavy atom. The second-order valence-corrected chi connectivity index (χ2v) is 8.46. The maximum absolute atomic E-state index is 11.8. The van der Waals surface area contributed by atoms with Crippen molar-refractivity contribution in [2.24, 2.45) is 0 Å². The number of hydrogen-bond donors (Lipinski definition) is 0. The minimum absolute atomic E-state index is 0.154. The lowest BCUT2D eigenvalue weighted by Gasteiger charge is -2.35. The molecule has 0 aliphatic carbocycles. The SMILES string of the molecule is COC1(c2csc(Sc3ccc(C(C)=O)c(C(C)=O)n3)c2)CCOCC1. The number of thiophene rings is 1. The number of ether oxygens (including phenoxy) is 2. The molecular weight excluding hydrogens is 370 g/mol. The topological polar surface area (TPSA) is 65.5 Å². The largest absolute Gasteiger partial charge is 0.381 e. The van der Waals surface area contributed by atoms with E-state index in [1.54, 1.807) is 30.6 Å². The van der Waals surface area contributed by atoms with E-state index in [0.29, 0.717) is 23.8 Å². The lowest BCUT2D eigenvalue weighted by atomic mass is 9.88. The average molecular weight is 392 g/mol. The minimum Gasteiger partial charge on any atom is -0.381 e. The highest BCUT2D eigenvalue weighted by Gasteiger charge is 2.35. The predicted octanol–water partition coefficient (Wildman–Crippen LogP) is 4.35. The normalized spacial score (nSPS) is 16.4. The van der Waals surface area contributed by atoms with Gasteiger partial charge in [-0.3, -0.25) is 9.59 Å². The predicted molar refractivity (Wildman–Crippen MR) is 101 cm³/mol. The molecule has 0 bridgehead atoms. The Hall–Kier alpha value is -1.54. The van der Waals surface area contributed by atoms with Crippen LogP contribution in [0.15, 0.2) is 32.8 Å². The first-order valence-electron chi connectivity index (χ1n) is 8.38. The number of rotatable bonds is 6. The van der Waals surface area contributed by atoms with E-state index in [1.807, 2.05) is 0 Å². The Bertz CT molecular complexity index is 825. The van der Waals surface area contributed by atoms with Crippen molar-refractivity contribution in [1.29, 1.82) is 0 Å². The van der Waals surface area contributed by atoms with Gasteiger partial charge in [0, 0.05) is 45.7 Å². The van der Waals surface area contributed by atoms with E-state index in [4.69, 9.17) is 9.47 Å². The Balaban J connectivity index is 1.84. The number of methoxy groups -OCH3 is 1. The highest BCUT2D eigenvalue weighted by atomic mass is 32.2. The summed E-state index contributed by atoms with van der Waals surface area (Å²) in [6, 6.07) is 5.59. The summed E-state index contributed by atoms with van der Waals surface area (Å²) in [5.74, 6) is -0.357. The molecule has 0 atom stereocenters. The number of carbonyl (C=O) groups excluding carboxylic acids is 2. The molecule has 0 radical (unpaired) electrons. The van der Waals surface area contributed by atoms with Crippen LogP contribution in [-0.2, 0) is 15.1 Å². The molecule has 1 aliphatic rings. The Labute approximate surface area is 161 Å². The first kappa shape index (κ1) is 19.2. The van der Waals surface area contributed by atoms with Crippen molar-refractivity contribution in [3.63, 3.8) is 0 Å². The van der Waals surface area contributed by atoms with Crippen molar-refractivity contribution in [3.8, 4) is 0 Å². The zero-order chi connectivity index (χ0) is 18.7. The van der Waals surface area contributed by atoms with Crippen LogP contribution in [0.3, 0.4) is 0 Å². The zero-order valence-electron chi connectivity index (χ0n) is 15.0. The maximum atomic E-state index is 11.8. The van der Waals surface area contributed by atoms with Crippen LogP contribution in [0.2, 0.25) is 0 Å². The summed E-state index contributed by atoms with van der Waals surface area (Å²) in [6.07, 6.45) is 1.68. The van der Waals surface area contributed by atoms with Gasteiger partial charge in [0.2, 0.25) is 0 Å². The number of aromatic nitrogens is 1. The van der Waals surface area contributed by atoms with Gasteiger partial charge >= 0.3 is 0 Å². The Morgan fingerprint density at radius 3 is 2.58 bits per heavy atom. The number of hydrogen-bond acceptors (Lipinski definition) is 7. The molecule has 0 saturated carbocycles. The number of ketones is 2. The molecule has 3 heterocycles. The third-order valence-electron chi connectivity index (χ3n) is 4.58. The maximum Gasteiger partial charge on any atom is 0.178 e. The molecule has 1 aliphatic heterocycles. The number of pyridine rings is 1. The van der Waals surface area contributed by atoms with Gasteiger partial charge in [-0.2, -0.15) is 0 Å². The number of nitrogens with zero attached hydrogens (tertiary/aromatic N) is 1. The quantitative estimate of drug-likeness (QED) is 0.682. The van der Waals surface area contributed by atoms with Crippen LogP contribution in [0.1, 0.15) is 53.1 Å². The molecule has 0 amide bonds. The average Bonchev–Trinajstić information content (AvgIpc) is 3.11. The van der Waals surface area contributed by atoms with Gasteiger partial charge in [-0.15, -0.1) is 11.3 Å². The second kappa shape index (κ2) is 8.00. The molecule has 0 aromatic carbocycles. The molecule has 1 saturated heterocycles. The van der Waals surface area contributed by atoms with Gasteiger partial charge in [0.1, 0.15) is 10.7 Å². The molecule has 0 spiro atoms. The van der Waals surface area contributed by atoms with Crippen LogP contribution in [0.4, 0.5) is 0 Å². The first-order valence-corrected chi connectivity index (χ1v) is 10.1. The van der Waals surface area contributed by atoms with Crippen LogP contribution in [-0.4, -0.2) is 36.9 Å². The van der Waals surface area contributed by atoms with Gasteiger partial charge in [0.05, 0.1) is 9.81 Å². The minimum atomic E-state index is -0.288. The van der Waals surface area contributed by atoms with E-state index in [-0.39, 0.29) is 22.9 Å². The third kappa shape index (κ3) is 3.91. The van der Waals surface area contributed by atoms with E-state index < -0.39 is 0 Å². The van der Waals surface area contributed by atoms with Gasteiger partial charge in [-0.05, 0) is 36.1 Å². The summed E-state index contributed by atoms with van der Waals surface area (Å²) in [4.78, 5) is 27.9. The second-order valence-electron chi connectivity index (χ2n) is 6.23. The standard InChI is InChI=1S/C19H21NO4S2/c1-12(21)15-4-5-16(20-18(15)13(2)22)26-17-10-14(11-25-17)19(23-3)6-8-24-9-7-19/h4-5,10-11H,6-9H2,1-3H3. The molecule has 1 fully saturated rings. The third-order valence-corrected chi connectivity index (χ3v) is 6.60. The van der Waals surface area contributed by atoms with Crippen molar-refractivity contribution in [1.82, 2.24) is 4.98 Å². The van der Waals surface area contributed by atoms with E-state index >= 15 is 0 Å². The fraction of sp³-hybridized carbons (Fsp3) is 0.421. The Morgan fingerprint density at radius 1 is 1.23 bits per heavy atom. The molecule has 5 nitrogen and oxygen atoms in total. The fourth-order valence-electron chi connectivity index (χ4n) is 3.07. The summed E-state index contributed by atoms with van der Waals surface area (Å²) < 4.78 is 12.4. The summed E-state index contributed by atoms with van der Waals surface area (Å²) in [7, 11) is 1.75. The van der Waals surface area contributed by atoms with Crippen molar-refractivity contribution >= 4 is 34.7 Å². The molecule has 0 N–H and O–H groups in total. The first-order chi connectivity index (χ1) is 12.4. The van der Waals surface area contributed by atoms with Gasteiger partial charge < -0.3 is 9.47 Å². The Kier molecular flexibility index (Phi) is 5.92. The number of carbonyl (C=O) groups is 2. The molecular formula is C19H21NO4S2. The number of Topliss-reactive ketones (excluding diaryl/α,β-unsaturated/α-hetero) is 2. The highest BCUT2D eigenvalue weighted by molar-refractivity contribution is 8.01. The summed E-state index contributed by atoms with van der Waals surface area (Å²) >= 11 is 3.12. The smallest absolute Gasteiger partial charge is 0.178 e.